The highest BCUT2D eigenvalue weighted by molar-refractivity contribution is 6.18. The lowest BCUT2D eigenvalue weighted by atomic mass is 9.48. The molecule has 5 saturated heterocycles. The molecular weight excluding hydrogens is 1800 g/mol. The van der Waals surface area contributed by atoms with Gasteiger partial charge in [0.05, 0.1) is 63.3 Å². The number of likely N-dealkylation sites (tertiary alicyclic amines) is 5. The molecule has 5 unspecified atom stereocenters. The number of nitrogens with two attached hydrogens (primary N) is 1. The number of rotatable bonds is 18. The molecule has 5 spiro atoms. The zero-order valence-corrected chi connectivity index (χ0v) is 81.8. The number of benzene rings is 5. The van der Waals surface area contributed by atoms with Gasteiger partial charge in [0.15, 0.2) is 57.5 Å². The van der Waals surface area contributed by atoms with E-state index in [1.165, 1.54) is 112 Å². The van der Waals surface area contributed by atoms with Crippen LogP contribution in [0.2, 0.25) is 0 Å². The Bertz CT molecular complexity index is 5830. The highest BCUT2D eigenvalue weighted by Gasteiger charge is 2.79. The molecule has 10 aliphatic heterocycles. The van der Waals surface area contributed by atoms with Crippen LogP contribution in [-0.2, 0) is 73.5 Å². The van der Waals surface area contributed by atoms with Crippen molar-refractivity contribution in [2.24, 2.45) is 41.2 Å². The highest BCUT2D eigenvalue weighted by atomic mass is 35.5. The Hall–Kier alpha value is -7.38. The summed E-state index contributed by atoms with van der Waals surface area (Å²) in [7, 11) is 1.26. The SMILES string of the molecule is C=C1CC[C@@]2(O)[C@H]3Cc4ccc(O)c5c4[C@@]2(CCN3CC2CC2)C1O5.COC(=O)/C=C/C(=O)N[C@@H]1CC[C@@]2(O)[C@H]3Cc4ccc(O)c5c4[C@@]2(CCN3CC2CC2)C1O5.N[C@@H]1CC[C@@]2(O)[C@H]3Cc4ccc(O)c5c4[C@@]2(CCN3CC2CC2)C1O5.Oc1ccc2c3c1OC1[C@@H](O)CC[C@H]4[C@@H](C2)N(CC2CCC2)CC[C@]314.Oc1ccc2c3c1OC1[C@H](N(CCCl)CCCl)CC[C@@]4(O)[C@@H](C2)N(CC2CC2)CC[C@]314. The molecular formula is C111H140Cl2N8O18. The molecule has 10 heterocycles. The van der Waals surface area contributed by atoms with Gasteiger partial charge in [-0.3, -0.25) is 34.2 Å². The number of esters is 1. The zero-order valence-electron chi connectivity index (χ0n) is 80.3. The Labute approximate surface area is 824 Å². The van der Waals surface area contributed by atoms with Gasteiger partial charge in [0, 0.05) is 145 Å². The molecule has 10 saturated carbocycles. The molecule has 5 aromatic rings. The van der Waals surface area contributed by atoms with Crippen molar-refractivity contribution < 1.29 is 89.1 Å². The molecule has 139 heavy (non-hydrogen) atoms. The Balaban J connectivity index is 0.0000000900. The fraction of sp³-hybridized carbons (Fsp3) is 0.676. The molecule has 13 N–H and O–H groups in total. The number of nitrogens with one attached hydrogen (secondary N) is 1. The summed E-state index contributed by atoms with van der Waals surface area (Å²) in [5, 5.41) is 115. The van der Waals surface area contributed by atoms with Crippen molar-refractivity contribution in [1.29, 1.82) is 0 Å². The molecule has 5 aromatic carbocycles. The van der Waals surface area contributed by atoms with E-state index in [2.05, 4.69) is 58.2 Å². The lowest BCUT2D eigenvalue weighted by Crippen LogP contribution is -2.78. The van der Waals surface area contributed by atoms with Crippen LogP contribution in [0.25, 0.3) is 0 Å². The smallest absolute Gasteiger partial charge is 0.330 e. The van der Waals surface area contributed by atoms with Crippen LogP contribution >= 0.6 is 23.2 Å². The summed E-state index contributed by atoms with van der Waals surface area (Å²) in [5.74, 6) is 8.57. The summed E-state index contributed by atoms with van der Waals surface area (Å²) >= 11 is 12.3. The van der Waals surface area contributed by atoms with Gasteiger partial charge in [0.1, 0.15) is 30.5 Å². The minimum Gasteiger partial charge on any atom is -0.504 e. The Morgan fingerprint density at radius 3 is 1.32 bits per heavy atom. The van der Waals surface area contributed by atoms with E-state index in [0.717, 1.165) is 256 Å². The summed E-state index contributed by atoms with van der Waals surface area (Å²) in [6.45, 7) is 16.3. The van der Waals surface area contributed by atoms with Crippen LogP contribution < -0.4 is 34.7 Å². The number of methoxy groups -OCH3 is 1. The minimum absolute atomic E-state index is 0.00295. The number of alkyl halides is 2. The van der Waals surface area contributed by atoms with Gasteiger partial charge in [-0.15, -0.1) is 23.2 Å². The fourth-order valence-corrected chi connectivity index (χ4v) is 34.7. The number of amides is 1. The lowest BCUT2D eigenvalue weighted by molar-refractivity contribution is -0.200. The third-order valence-corrected chi connectivity index (χ3v) is 41.6. The number of aliphatic hydroxyl groups excluding tert-OH is 1. The molecule has 0 radical (unpaired) electrons. The van der Waals surface area contributed by atoms with Crippen LogP contribution in [0.4, 0.5) is 0 Å². The Morgan fingerprint density at radius 2 is 0.849 bits per heavy atom. The maximum absolute atomic E-state index is 12.6. The van der Waals surface area contributed by atoms with Crippen LogP contribution in [0.3, 0.4) is 0 Å². The Kier molecular flexibility index (Phi) is 21.8. The first-order valence-corrected chi connectivity index (χ1v) is 54.5. The van der Waals surface area contributed by atoms with E-state index in [1.807, 2.05) is 18.2 Å². The quantitative estimate of drug-likeness (QED) is 0.0168. The summed E-state index contributed by atoms with van der Waals surface area (Å²) in [6.07, 6.45) is 31.7. The molecule has 28 heteroatoms. The third kappa shape index (κ3) is 13.1. The van der Waals surface area contributed by atoms with Crippen LogP contribution in [0.5, 0.6) is 57.5 Å². The first kappa shape index (κ1) is 91.5. The summed E-state index contributed by atoms with van der Waals surface area (Å²) in [5.41, 5.74) is 13.7. The van der Waals surface area contributed by atoms with Crippen LogP contribution in [0, 0.1) is 35.5 Å². The number of nitrogens with zero attached hydrogens (tertiary/aromatic N) is 6. The predicted molar refractivity (Wildman–Crippen MR) is 520 cm³/mol. The second-order valence-corrected chi connectivity index (χ2v) is 48.4. The van der Waals surface area contributed by atoms with Crippen LogP contribution in [0.15, 0.2) is 85.0 Å². The molecule has 30 rings (SSSR count). The number of carbonyl (C=O) groups is 2. The number of hydrogen-bond acceptors (Lipinski definition) is 25. The molecule has 1 amide bonds. The normalized spacial score (nSPS) is 40.1. The van der Waals surface area contributed by atoms with E-state index in [9.17, 15) is 60.7 Å². The van der Waals surface area contributed by atoms with Gasteiger partial charge in [0.2, 0.25) is 5.91 Å². The molecule has 26 nitrogen and oxygen atoms in total. The van der Waals surface area contributed by atoms with E-state index in [4.69, 9.17) is 52.6 Å². The number of aromatic hydroxyl groups is 5. The fourth-order valence-electron chi connectivity index (χ4n) is 34.3. The monoisotopic (exact) mass is 1940 g/mol. The van der Waals surface area contributed by atoms with Crippen molar-refractivity contribution in [3.05, 3.63) is 141 Å². The largest absolute Gasteiger partial charge is 0.504 e. The number of phenols is 5. The lowest BCUT2D eigenvalue weighted by Gasteiger charge is -2.65. The van der Waals surface area contributed by atoms with Crippen molar-refractivity contribution >= 4 is 35.1 Å². The van der Waals surface area contributed by atoms with E-state index in [0.29, 0.717) is 71.7 Å². The molecule has 746 valence electrons. The van der Waals surface area contributed by atoms with Crippen LogP contribution in [0.1, 0.15) is 223 Å². The predicted octanol–water partition coefficient (Wildman–Crippen LogP) is 10.7. The maximum atomic E-state index is 12.6. The second-order valence-electron chi connectivity index (χ2n) is 47.6. The van der Waals surface area contributed by atoms with Crippen molar-refractivity contribution in [2.45, 2.75) is 333 Å². The van der Waals surface area contributed by atoms with Crippen molar-refractivity contribution in [3.63, 3.8) is 0 Å². The van der Waals surface area contributed by atoms with E-state index >= 15 is 0 Å². The zero-order chi connectivity index (χ0) is 95.0. The number of aliphatic hydroxyl groups is 5. The Morgan fingerprint density at radius 1 is 0.453 bits per heavy atom. The van der Waals surface area contributed by atoms with E-state index in [-0.39, 0.29) is 101 Å². The molecule has 24 atom stereocenters. The van der Waals surface area contributed by atoms with Crippen molar-refractivity contribution in [3.8, 4) is 57.5 Å². The molecule has 10 bridgehead atoms. The topological polar surface area (TPSA) is 349 Å². The molecule has 15 aliphatic carbocycles. The standard InChI is InChI=1S/C25H30N2O6.C24H32Cl2N2O3.C21H25NO3.C21H27NO3.C20H26N2O3/c1-32-20(30)7-6-19(29)26-16-8-9-25(31)18-12-15-4-5-17(28)22-21(15)24(25,23(16)33-22)10-11-27(18)13-14-2-3-14;25-8-11-27(12-9-26)17-5-6-24(30)19-13-16-3-4-18(29)21-20(16)23(24,22(17)31-21)7-10-28(19)14-15-1-2-15;1-12-6-7-21(24)16-10-14-4-5-15(23)18-17(14)20(21,19(12)25-18)8-9-22(16)11-13-2-3-13;23-16-6-4-13-10-15-14-5-7-17(24)20-21(14,18(13)19(16)25-20)8-9-22(15)11-12-2-1-3-12;21-13-5-6-20(24)15-9-12-3-4-14(23)17-16(12)19(20,18(13)25-17)7-8-22(15)10-11-1-2-11/h4-7,14,16,18,23,28,31H,2-3,8-13H2,1H3,(H,26,29);3-4,15,17,19,22,29-30H,1-2,5-14H2;4-5,13,16,19,23-24H,1-3,6-11H2;4,6,12,14-15,17,20,23-24H,1-3,5,7-11H2;3-4,11,13,15,18,23-24H,1-2,5-10,21H2/b7-6+;;;;/t16-,18-,23?,24+,25-;17-,19-,22?,23+,24-;16-,19?,20+,21-;14-,15+,17-,20?,21-;13-,15-,18?,19+,20-/m11101/s1. The number of ether oxygens (including phenoxy) is 6. The van der Waals surface area contributed by atoms with E-state index < -0.39 is 68.1 Å². The number of piperidine rings is 5. The summed E-state index contributed by atoms with van der Waals surface area (Å²) in [4.78, 5) is 39.2. The van der Waals surface area contributed by atoms with Crippen LogP contribution in [-0.4, -0.2) is 297 Å². The summed E-state index contributed by atoms with van der Waals surface area (Å²) in [6, 6.07) is 19.7. The van der Waals surface area contributed by atoms with Crippen molar-refractivity contribution in [1.82, 2.24) is 34.7 Å². The number of hydrogen-bond donors (Lipinski definition) is 12. The second kappa shape index (κ2) is 33.1. The van der Waals surface area contributed by atoms with Gasteiger partial charge in [-0.25, -0.2) is 4.79 Å². The van der Waals surface area contributed by atoms with Gasteiger partial charge in [0.25, 0.3) is 0 Å². The van der Waals surface area contributed by atoms with Gasteiger partial charge < -0.3 is 90.5 Å². The molecule has 15 fully saturated rings. The first-order chi connectivity index (χ1) is 67.2. The number of halogens is 2. The summed E-state index contributed by atoms with van der Waals surface area (Å²) < 4.78 is 36.4. The minimum atomic E-state index is -0.986. The number of phenolic OH excluding ortho intramolecular Hbond substituents is 5. The first-order valence-electron chi connectivity index (χ1n) is 53.4. The molecule has 25 aliphatic rings. The van der Waals surface area contributed by atoms with Gasteiger partial charge >= 0.3 is 5.97 Å². The highest BCUT2D eigenvalue weighted by Crippen LogP contribution is 2.73. The van der Waals surface area contributed by atoms with Gasteiger partial charge in [-0.2, -0.15) is 0 Å². The maximum Gasteiger partial charge on any atom is 0.330 e. The average molecular weight is 1950 g/mol. The van der Waals surface area contributed by atoms with E-state index in [1.54, 1.807) is 30.3 Å². The number of carbonyl (C=O) groups excluding carboxylic acids is 2. The third-order valence-electron chi connectivity index (χ3n) is 41.2. The van der Waals surface area contributed by atoms with Gasteiger partial charge in [-0.1, -0.05) is 43.3 Å². The molecule has 0 aromatic heterocycles. The average Bonchev–Trinajstić information content (AvgIpc) is 1.44. The van der Waals surface area contributed by atoms with Gasteiger partial charge in [-0.05, 0) is 325 Å². The van der Waals surface area contributed by atoms with Crippen molar-refractivity contribution in [2.75, 3.05) is 97.4 Å².